The molecule has 1 rings (SSSR count). The zero-order chi connectivity index (χ0) is 8.10. The van der Waals surface area contributed by atoms with Crippen LogP contribution in [0.5, 0.6) is 0 Å². The van der Waals surface area contributed by atoms with Crippen molar-refractivity contribution in [1.29, 1.82) is 0 Å². The standard InChI is InChI=1S/C8H13NO2/c1-10-6-7-4-3-5-9-8(7)11-2/h3-5,8-9H,6H2,1-2H3. The summed E-state index contributed by atoms with van der Waals surface area (Å²) in [6.07, 6.45) is 5.76. The molecule has 0 spiro atoms. The molecule has 0 aromatic rings. The summed E-state index contributed by atoms with van der Waals surface area (Å²) in [5.74, 6) is 0. The van der Waals surface area contributed by atoms with Crippen LogP contribution in [0.25, 0.3) is 0 Å². The van der Waals surface area contributed by atoms with Crippen molar-refractivity contribution in [3.8, 4) is 0 Å². The third-order valence-corrected chi connectivity index (χ3v) is 1.54. The minimum absolute atomic E-state index is 0.0278. The summed E-state index contributed by atoms with van der Waals surface area (Å²) in [6, 6.07) is 0. The quantitative estimate of drug-likeness (QED) is 0.649. The average molecular weight is 155 g/mol. The summed E-state index contributed by atoms with van der Waals surface area (Å²) in [5.41, 5.74) is 1.11. The van der Waals surface area contributed by atoms with E-state index < -0.39 is 0 Å². The van der Waals surface area contributed by atoms with Crippen LogP contribution < -0.4 is 5.32 Å². The lowest BCUT2D eigenvalue weighted by Crippen LogP contribution is -2.31. The summed E-state index contributed by atoms with van der Waals surface area (Å²) in [4.78, 5) is 0. The fourth-order valence-corrected chi connectivity index (χ4v) is 1.02. The number of allylic oxidation sites excluding steroid dienone is 2. The lowest BCUT2D eigenvalue weighted by Gasteiger charge is -2.20. The third-order valence-electron chi connectivity index (χ3n) is 1.54. The van der Waals surface area contributed by atoms with Crippen molar-refractivity contribution < 1.29 is 9.47 Å². The molecule has 11 heavy (non-hydrogen) atoms. The SMILES string of the molecule is COCC1=CC=CNC1OC. The lowest BCUT2D eigenvalue weighted by atomic mass is 10.2. The molecule has 1 heterocycles. The summed E-state index contributed by atoms with van der Waals surface area (Å²) < 4.78 is 10.1. The van der Waals surface area contributed by atoms with E-state index in [9.17, 15) is 0 Å². The van der Waals surface area contributed by atoms with Crippen LogP contribution in [0.4, 0.5) is 0 Å². The highest BCUT2D eigenvalue weighted by molar-refractivity contribution is 5.21. The van der Waals surface area contributed by atoms with E-state index in [-0.39, 0.29) is 6.23 Å². The Morgan fingerprint density at radius 2 is 2.36 bits per heavy atom. The van der Waals surface area contributed by atoms with Gasteiger partial charge in [-0.1, -0.05) is 6.08 Å². The minimum Gasteiger partial charge on any atom is -0.380 e. The van der Waals surface area contributed by atoms with Crippen LogP contribution in [0.1, 0.15) is 0 Å². The molecule has 0 radical (unpaired) electrons. The molecule has 0 aromatic heterocycles. The number of ether oxygens (including phenoxy) is 2. The van der Waals surface area contributed by atoms with E-state index in [1.54, 1.807) is 14.2 Å². The zero-order valence-electron chi connectivity index (χ0n) is 6.83. The maximum Gasteiger partial charge on any atom is 0.151 e. The molecule has 0 aliphatic carbocycles. The molecule has 0 bridgehead atoms. The predicted molar refractivity (Wildman–Crippen MR) is 43.0 cm³/mol. The van der Waals surface area contributed by atoms with Gasteiger partial charge in [-0.3, -0.25) is 0 Å². The van der Waals surface area contributed by atoms with E-state index in [4.69, 9.17) is 9.47 Å². The van der Waals surface area contributed by atoms with Crippen LogP contribution in [-0.2, 0) is 9.47 Å². The second-order valence-corrected chi connectivity index (χ2v) is 2.32. The Bertz CT molecular complexity index is 175. The molecule has 3 heteroatoms. The Labute approximate surface area is 66.7 Å². The molecule has 1 N–H and O–H groups in total. The Morgan fingerprint density at radius 3 is 3.00 bits per heavy atom. The van der Waals surface area contributed by atoms with E-state index in [2.05, 4.69) is 5.32 Å². The van der Waals surface area contributed by atoms with Gasteiger partial charge in [-0.2, -0.15) is 0 Å². The van der Waals surface area contributed by atoms with Crippen molar-refractivity contribution >= 4 is 0 Å². The topological polar surface area (TPSA) is 30.5 Å². The molecule has 1 atom stereocenters. The maximum absolute atomic E-state index is 5.15. The van der Waals surface area contributed by atoms with Crippen molar-refractivity contribution in [2.45, 2.75) is 6.23 Å². The second-order valence-electron chi connectivity index (χ2n) is 2.32. The third kappa shape index (κ3) is 2.06. The molecule has 0 amide bonds. The van der Waals surface area contributed by atoms with E-state index >= 15 is 0 Å². The van der Waals surface area contributed by atoms with Gasteiger partial charge in [0.15, 0.2) is 6.23 Å². The Balaban J connectivity index is 2.55. The minimum atomic E-state index is -0.0278. The molecule has 0 saturated heterocycles. The molecule has 1 aliphatic heterocycles. The van der Waals surface area contributed by atoms with Crippen molar-refractivity contribution in [3.63, 3.8) is 0 Å². The molecular formula is C8H13NO2. The highest BCUT2D eigenvalue weighted by Crippen LogP contribution is 2.07. The highest BCUT2D eigenvalue weighted by Gasteiger charge is 2.12. The molecular weight excluding hydrogens is 142 g/mol. The van der Waals surface area contributed by atoms with Gasteiger partial charge in [0.05, 0.1) is 6.61 Å². The molecule has 1 unspecified atom stereocenters. The van der Waals surface area contributed by atoms with E-state index in [0.29, 0.717) is 6.61 Å². The predicted octanol–water partition coefficient (Wildman–Crippen LogP) is 0.649. The van der Waals surface area contributed by atoms with Gasteiger partial charge in [-0.05, 0) is 12.3 Å². The van der Waals surface area contributed by atoms with Crippen LogP contribution in [0.3, 0.4) is 0 Å². The summed E-state index contributed by atoms with van der Waals surface area (Å²) in [5, 5.41) is 3.05. The fourth-order valence-electron chi connectivity index (χ4n) is 1.02. The first-order valence-corrected chi connectivity index (χ1v) is 3.52. The van der Waals surface area contributed by atoms with Gasteiger partial charge >= 0.3 is 0 Å². The van der Waals surface area contributed by atoms with Gasteiger partial charge in [-0.25, -0.2) is 0 Å². The van der Waals surface area contributed by atoms with Crippen molar-refractivity contribution in [1.82, 2.24) is 5.32 Å². The molecule has 0 saturated carbocycles. The number of hydrogen-bond acceptors (Lipinski definition) is 3. The van der Waals surface area contributed by atoms with Crippen molar-refractivity contribution in [2.24, 2.45) is 0 Å². The highest BCUT2D eigenvalue weighted by atomic mass is 16.5. The number of dihydropyridines is 1. The van der Waals surface area contributed by atoms with Crippen molar-refractivity contribution in [2.75, 3.05) is 20.8 Å². The second kappa shape index (κ2) is 4.16. The van der Waals surface area contributed by atoms with Crippen LogP contribution in [0.15, 0.2) is 23.9 Å². The molecule has 1 aliphatic rings. The average Bonchev–Trinajstić information content (AvgIpc) is 2.06. The number of rotatable bonds is 3. The van der Waals surface area contributed by atoms with Gasteiger partial charge < -0.3 is 14.8 Å². The summed E-state index contributed by atoms with van der Waals surface area (Å²) >= 11 is 0. The Kier molecular flexibility index (Phi) is 3.14. The number of nitrogens with one attached hydrogen (secondary N) is 1. The normalized spacial score (nSPS) is 22.7. The zero-order valence-corrected chi connectivity index (χ0v) is 6.83. The summed E-state index contributed by atoms with van der Waals surface area (Å²) in [7, 11) is 3.34. The number of methoxy groups -OCH3 is 2. The monoisotopic (exact) mass is 155 g/mol. The van der Waals surface area contributed by atoms with Gasteiger partial charge in [0, 0.05) is 19.8 Å². The number of hydrogen-bond donors (Lipinski definition) is 1. The molecule has 0 aromatic carbocycles. The van der Waals surface area contributed by atoms with Crippen molar-refractivity contribution in [3.05, 3.63) is 23.9 Å². The first kappa shape index (κ1) is 8.30. The van der Waals surface area contributed by atoms with Gasteiger partial charge in [-0.15, -0.1) is 0 Å². The van der Waals surface area contributed by atoms with Gasteiger partial charge in [0.25, 0.3) is 0 Å². The molecule has 62 valence electrons. The Hall–Kier alpha value is -0.800. The van der Waals surface area contributed by atoms with E-state index in [1.807, 2.05) is 18.4 Å². The van der Waals surface area contributed by atoms with Crippen LogP contribution in [-0.4, -0.2) is 27.1 Å². The maximum atomic E-state index is 5.15. The first-order valence-electron chi connectivity index (χ1n) is 3.52. The van der Waals surface area contributed by atoms with Gasteiger partial charge in [0.1, 0.15) is 0 Å². The van der Waals surface area contributed by atoms with E-state index in [0.717, 1.165) is 5.57 Å². The van der Waals surface area contributed by atoms with Gasteiger partial charge in [0.2, 0.25) is 0 Å². The Morgan fingerprint density at radius 1 is 1.55 bits per heavy atom. The smallest absolute Gasteiger partial charge is 0.151 e. The first-order chi connectivity index (χ1) is 5.38. The fraction of sp³-hybridized carbons (Fsp3) is 0.500. The summed E-state index contributed by atoms with van der Waals surface area (Å²) in [6.45, 7) is 0.607. The van der Waals surface area contributed by atoms with E-state index in [1.165, 1.54) is 0 Å². The molecule has 0 fully saturated rings. The van der Waals surface area contributed by atoms with Crippen LogP contribution >= 0.6 is 0 Å². The van der Waals surface area contributed by atoms with Crippen LogP contribution in [0.2, 0.25) is 0 Å². The van der Waals surface area contributed by atoms with Crippen LogP contribution in [0, 0.1) is 0 Å². The largest absolute Gasteiger partial charge is 0.380 e. The lowest BCUT2D eigenvalue weighted by molar-refractivity contribution is 0.0953. The molecule has 3 nitrogen and oxygen atoms in total.